The van der Waals surface area contributed by atoms with Crippen molar-refractivity contribution in [1.29, 1.82) is 0 Å². The van der Waals surface area contributed by atoms with Crippen molar-refractivity contribution in [3.05, 3.63) is 0 Å². The van der Waals surface area contributed by atoms with Crippen molar-refractivity contribution >= 4 is 0 Å². The summed E-state index contributed by atoms with van der Waals surface area (Å²) in [5, 5.41) is 12.6. The van der Waals surface area contributed by atoms with Crippen LogP contribution in [0.15, 0.2) is 0 Å². The first-order valence-corrected chi connectivity index (χ1v) is 10.8. The molecule has 1 saturated carbocycles. The second-order valence-corrected chi connectivity index (χ2v) is 8.56. The summed E-state index contributed by atoms with van der Waals surface area (Å²) in [7, 11) is 0. The predicted octanol–water partition coefficient (Wildman–Crippen LogP) is -0.122. The Hall–Kier alpha value is -0.200. The number of likely N-dealkylation sites (tertiary alicyclic amines) is 1. The van der Waals surface area contributed by atoms with Crippen LogP contribution in [-0.4, -0.2) is 68.9 Å². The molecule has 5 heteroatoms. The molecule has 3 fully saturated rings. The van der Waals surface area contributed by atoms with E-state index in [9.17, 15) is 5.11 Å². The number of aliphatic hydroxyl groups excluding tert-OH is 1. The topological polar surface area (TPSA) is 59.7 Å². The first-order chi connectivity index (χ1) is 12.3. The fourth-order valence-corrected chi connectivity index (χ4v) is 5.17. The summed E-state index contributed by atoms with van der Waals surface area (Å²) in [6, 6.07) is 0. The van der Waals surface area contributed by atoms with E-state index in [1.807, 2.05) is 4.90 Å². The van der Waals surface area contributed by atoms with Gasteiger partial charge in [-0.3, -0.25) is 0 Å². The largest absolute Gasteiger partial charge is 0.385 e. The van der Waals surface area contributed by atoms with Gasteiger partial charge in [-0.1, -0.05) is 6.42 Å². The zero-order valence-corrected chi connectivity index (χ0v) is 16.0. The summed E-state index contributed by atoms with van der Waals surface area (Å²) >= 11 is 0. The maximum atomic E-state index is 10.2. The van der Waals surface area contributed by atoms with E-state index in [2.05, 4.69) is 5.32 Å². The highest BCUT2D eigenvalue weighted by atomic mass is 16.5. The zero-order valence-electron chi connectivity index (χ0n) is 16.0. The van der Waals surface area contributed by atoms with Crippen LogP contribution in [0.25, 0.3) is 0 Å². The molecule has 0 bridgehead atoms. The van der Waals surface area contributed by atoms with E-state index in [1.54, 1.807) is 0 Å². The smallest absolute Gasteiger partial charge is 0.147 e. The van der Waals surface area contributed by atoms with Gasteiger partial charge in [-0.15, -0.1) is 0 Å². The summed E-state index contributed by atoms with van der Waals surface area (Å²) in [4.78, 5) is 1.86. The van der Waals surface area contributed by atoms with E-state index in [4.69, 9.17) is 9.47 Å². The van der Waals surface area contributed by atoms with Crippen LogP contribution in [0.2, 0.25) is 0 Å². The lowest BCUT2D eigenvalue weighted by Gasteiger charge is -2.43. The second-order valence-electron chi connectivity index (χ2n) is 8.56. The first-order valence-electron chi connectivity index (χ1n) is 10.8. The highest BCUT2D eigenvalue weighted by Gasteiger charge is 2.43. The van der Waals surface area contributed by atoms with Crippen LogP contribution in [0.4, 0.5) is 0 Å². The molecule has 0 spiro atoms. The molecule has 0 unspecified atom stereocenters. The van der Waals surface area contributed by atoms with E-state index in [1.165, 1.54) is 71.0 Å². The van der Waals surface area contributed by atoms with Gasteiger partial charge in [0.25, 0.3) is 0 Å². The lowest BCUT2D eigenvalue weighted by molar-refractivity contribution is -0.972. The number of hydrogen-bond donors (Lipinski definition) is 3. The standard InChI is InChI=1S/C20H38N2O3/c23-18(15-24-16-19-8-7-13-25-19)14-21-17-20(9-3-1-4-10-20)22-11-5-2-6-12-22/h18-19,21,23H,1-17H2/p+2/t18-,19-/m1/s1. The van der Waals surface area contributed by atoms with Crippen molar-refractivity contribution in [3.8, 4) is 0 Å². The molecule has 5 nitrogen and oxygen atoms in total. The molecule has 2 heterocycles. The number of hydrogen-bond acceptors (Lipinski definition) is 3. The molecule has 2 atom stereocenters. The van der Waals surface area contributed by atoms with Gasteiger partial charge in [0.15, 0.2) is 0 Å². The maximum Gasteiger partial charge on any atom is 0.147 e. The van der Waals surface area contributed by atoms with Crippen LogP contribution in [0.1, 0.15) is 64.2 Å². The van der Waals surface area contributed by atoms with Crippen molar-refractivity contribution < 1.29 is 24.8 Å². The lowest BCUT2D eigenvalue weighted by Crippen LogP contribution is -3.24. The van der Waals surface area contributed by atoms with Crippen molar-refractivity contribution in [2.75, 3.05) is 46.0 Å². The molecule has 1 aliphatic carbocycles. The number of rotatable bonds is 9. The third-order valence-electron chi connectivity index (χ3n) is 6.63. The first kappa shape index (κ1) is 19.6. The van der Waals surface area contributed by atoms with Crippen LogP contribution in [0.5, 0.6) is 0 Å². The summed E-state index contributed by atoms with van der Waals surface area (Å²) in [6.07, 6.45) is 13.3. The Balaban J connectivity index is 1.36. The number of aliphatic hydroxyl groups is 1. The lowest BCUT2D eigenvalue weighted by atomic mass is 9.79. The number of nitrogens with one attached hydrogen (secondary N) is 1. The second kappa shape index (κ2) is 10.2. The van der Waals surface area contributed by atoms with Gasteiger partial charge >= 0.3 is 0 Å². The summed E-state index contributed by atoms with van der Waals surface area (Å²) in [5.74, 6) is 0. The highest BCUT2D eigenvalue weighted by Crippen LogP contribution is 2.25. The van der Waals surface area contributed by atoms with Crippen LogP contribution in [0.3, 0.4) is 0 Å². The van der Waals surface area contributed by atoms with Gasteiger partial charge in [0, 0.05) is 19.4 Å². The predicted molar refractivity (Wildman–Crippen MR) is 97.8 cm³/mol. The van der Waals surface area contributed by atoms with Crippen LogP contribution >= 0.6 is 0 Å². The molecule has 25 heavy (non-hydrogen) atoms. The van der Waals surface area contributed by atoms with Gasteiger partial charge < -0.3 is 24.8 Å². The minimum absolute atomic E-state index is 0.254. The van der Waals surface area contributed by atoms with Crippen LogP contribution in [0, 0.1) is 0 Å². The monoisotopic (exact) mass is 356 g/mol. The zero-order chi connectivity index (χ0) is 17.4. The normalized spacial score (nSPS) is 28.9. The molecular weight excluding hydrogens is 316 g/mol. The molecular formula is C20H40N2O3+2. The molecule has 0 radical (unpaired) electrons. The van der Waals surface area contributed by atoms with Gasteiger partial charge in [0.2, 0.25) is 0 Å². The van der Waals surface area contributed by atoms with Crippen molar-refractivity contribution in [3.63, 3.8) is 0 Å². The SMILES string of the molecule is O[C@H](C[NH2+]CC1([NH+]2CCCCC2)CCCCC1)COC[C@H]1CCCO1. The maximum absolute atomic E-state index is 10.2. The van der Waals surface area contributed by atoms with Gasteiger partial charge in [-0.2, -0.15) is 0 Å². The molecule has 0 aromatic heterocycles. The number of ether oxygens (including phenoxy) is 2. The third-order valence-corrected chi connectivity index (χ3v) is 6.63. The van der Waals surface area contributed by atoms with Crippen LogP contribution in [-0.2, 0) is 9.47 Å². The van der Waals surface area contributed by atoms with Gasteiger partial charge in [0.1, 0.15) is 24.7 Å². The molecule has 0 aromatic carbocycles. The Morgan fingerprint density at radius 3 is 2.56 bits per heavy atom. The highest BCUT2D eigenvalue weighted by molar-refractivity contribution is 4.82. The van der Waals surface area contributed by atoms with Gasteiger partial charge in [0.05, 0.1) is 32.4 Å². The Bertz CT molecular complexity index is 362. The minimum atomic E-state index is -0.363. The Labute approximate surface area is 153 Å². The molecule has 3 aliphatic rings. The number of quaternary nitrogens is 2. The van der Waals surface area contributed by atoms with E-state index in [-0.39, 0.29) is 12.2 Å². The molecule has 2 aliphatic heterocycles. The van der Waals surface area contributed by atoms with E-state index in [0.717, 1.165) is 26.0 Å². The number of nitrogens with two attached hydrogens (primary N) is 1. The summed E-state index contributed by atoms with van der Waals surface area (Å²) in [5.41, 5.74) is 0.469. The molecule has 0 aromatic rings. The average molecular weight is 357 g/mol. The Morgan fingerprint density at radius 1 is 1.08 bits per heavy atom. The van der Waals surface area contributed by atoms with Gasteiger partial charge in [-0.25, -0.2) is 0 Å². The summed E-state index contributed by atoms with van der Waals surface area (Å²) < 4.78 is 11.2. The van der Waals surface area contributed by atoms with E-state index in [0.29, 0.717) is 18.8 Å². The summed E-state index contributed by atoms with van der Waals surface area (Å²) in [6.45, 7) is 6.61. The van der Waals surface area contributed by atoms with Gasteiger partial charge in [-0.05, 0) is 44.9 Å². The third kappa shape index (κ3) is 5.90. The Kier molecular flexibility index (Phi) is 7.99. The van der Waals surface area contributed by atoms with Crippen molar-refractivity contribution in [2.45, 2.75) is 82.0 Å². The van der Waals surface area contributed by atoms with Crippen molar-refractivity contribution in [2.24, 2.45) is 0 Å². The quantitative estimate of drug-likeness (QED) is 0.540. The molecule has 146 valence electrons. The molecule has 2 saturated heterocycles. The van der Waals surface area contributed by atoms with Crippen LogP contribution < -0.4 is 10.2 Å². The van der Waals surface area contributed by atoms with E-state index < -0.39 is 0 Å². The fraction of sp³-hybridized carbons (Fsp3) is 1.00. The molecule has 4 N–H and O–H groups in total. The number of piperidine rings is 1. The fourth-order valence-electron chi connectivity index (χ4n) is 5.17. The minimum Gasteiger partial charge on any atom is -0.385 e. The average Bonchev–Trinajstić information content (AvgIpc) is 3.17. The van der Waals surface area contributed by atoms with Crippen molar-refractivity contribution in [1.82, 2.24) is 0 Å². The molecule has 3 rings (SSSR count). The molecule has 0 amide bonds. The van der Waals surface area contributed by atoms with E-state index >= 15 is 0 Å². The Morgan fingerprint density at radius 2 is 1.84 bits per heavy atom.